The van der Waals surface area contributed by atoms with E-state index in [2.05, 4.69) is 19.6 Å². The monoisotopic (exact) mass is 496 g/mol. The van der Waals surface area contributed by atoms with Crippen molar-refractivity contribution in [2.75, 3.05) is 6.54 Å². The molecule has 0 amide bonds. The number of ether oxygens (including phenoxy) is 1. The summed E-state index contributed by atoms with van der Waals surface area (Å²) in [7, 11) is 0. The molecule has 0 saturated heterocycles. The van der Waals surface area contributed by atoms with Crippen LogP contribution < -0.4 is 4.74 Å². The number of benzene rings is 2. The molecule has 1 aliphatic rings. The number of fused-ring (bicyclic) bond motifs is 1. The van der Waals surface area contributed by atoms with Crippen LogP contribution in [0.1, 0.15) is 16.8 Å². The molecule has 0 spiro atoms. The van der Waals surface area contributed by atoms with Crippen molar-refractivity contribution >= 4 is 11.6 Å². The highest BCUT2D eigenvalue weighted by atomic mass is 35.5. The van der Waals surface area contributed by atoms with Gasteiger partial charge < -0.3 is 4.74 Å². The Morgan fingerprint density at radius 1 is 0.886 bits per heavy atom. The highest BCUT2D eigenvalue weighted by Crippen LogP contribution is 2.27. The van der Waals surface area contributed by atoms with E-state index in [1.807, 2.05) is 42.6 Å². The summed E-state index contributed by atoms with van der Waals surface area (Å²) in [5, 5.41) is 0.679. The van der Waals surface area contributed by atoms with Crippen LogP contribution in [0.4, 0.5) is 13.2 Å². The Morgan fingerprint density at radius 3 is 2.31 bits per heavy atom. The van der Waals surface area contributed by atoms with E-state index in [1.165, 1.54) is 12.1 Å². The van der Waals surface area contributed by atoms with Crippen molar-refractivity contribution in [3.63, 3.8) is 0 Å². The Bertz CT molecular complexity index is 1310. The van der Waals surface area contributed by atoms with E-state index in [1.54, 1.807) is 18.3 Å². The topological polar surface area (TPSA) is 51.1 Å². The molecule has 0 unspecified atom stereocenters. The lowest BCUT2D eigenvalue weighted by atomic mass is 10.1. The van der Waals surface area contributed by atoms with Crippen molar-refractivity contribution < 1.29 is 17.9 Å². The average molecular weight is 497 g/mol. The molecular formula is C26H20ClF3N4O. The van der Waals surface area contributed by atoms with Crippen LogP contribution in [0.25, 0.3) is 22.6 Å². The highest BCUT2D eigenvalue weighted by Gasteiger charge is 2.31. The van der Waals surface area contributed by atoms with Crippen LogP contribution in [0.15, 0.2) is 73.1 Å². The molecule has 2 aromatic carbocycles. The van der Waals surface area contributed by atoms with Crippen molar-refractivity contribution in [2.45, 2.75) is 25.9 Å². The van der Waals surface area contributed by atoms with Gasteiger partial charge in [-0.05, 0) is 60.2 Å². The van der Waals surface area contributed by atoms with Crippen molar-refractivity contribution in [3.05, 3.63) is 94.9 Å². The normalized spacial score (nSPS) is 13.9. The molecule has 0 atom stereocenters. The Morgan fingerprint density at radius 2 is 1.63 bits per heavy atom. The summed E-state index contributed by atoms with van der Waals surface area (Å²) < 4.78 is 40.9. The van der Waals surface area contributed by atoms with Crippen LogP contribution in [0.2, 0.25) is 5.02 Å². The molecule has 0 aliphatic carbocycles. The zero-order chi connectivity index (χ0) is 24.4. The summed E-state index contributed by atoms with van der Waals surface area (Å²) in [6.07, 6.45) is -0.186. The molecule has 4 aromatic rings. The molecule has 35 heavy (non-hydrogen) atoms. The second-order valence-corrected chi connectivity index (χ2v) is 8.69. The zero-order valence-electron chi connectivity index (χ0n) is 18.5. The number of pyridine rings is 1. The molecule has 0 radical (unpaired) electrons. The molecular weight excluding hydrogens is 477 g/mol. The summed E-state index contributed by atoms with van der Waals surface area (Å²) in [5.41, 5.74) is 5.56. The maximum absolute atomic E-state index is 12.3. The standard InChI is InChI=1S/C26H20ClF3N4O/c27-21-6-2-19(3-7-21)25-32-14-20-16-34(12-11-24(20)33-25)15-17-1-10-23(31-13-17)18-4-8-22(9-5-18)35-26(28,29)30/h1-10,13-14H,11-12,15-16H2. The molecule has 2 aromatic heterocycles. The first-order valence-corrected chi connectivity index (χ1v) is 11.3. The minimum atomic E-state index is -4.71. The van der Waals surface area contributed by atoms with Crippen LogP contribution in [0.3, 0.4) is 0 Å². The maximum atomic E-state index is 12.3. The highest BCUT2D eigenvalue weighted by molar-refractivity contribution is 6.30. The molecule has 0 bridgehead atoms. The number of rotatable bonds is 5. The molecule has 178 valence electrons. The molecule has 9 heteroatoms. The average Bonchev–Trinajstić information content (AvgIpc) is 2.84. The third kappa shape index (κ3) is 5.78. The third-order valence-electron chi connectivity index (χ3n) is 5.73. The van der Waals surface area contributed by atoms with E-state index in [4.69, 9.17) is 16.6 Å². The van der Waals surface area contributed by atoms with Crippen LogP contribution >= 0.6 is 11.6 Å². The first-order valence-electron chi connectivity index (χ1n) is 11.0. The number of halogens is 4. The SMILES string of the molecule is FC(F)(F)Oc1ccc(-c2ccc(CN3CCc4nc(-c5ccc(Cl)cc5)ncc4C3)cn2)cc1. The van der Waals surface area contributed by atoms with Gasteiger partial charge in [-0.3, -0.25) is 9.88 Å². The minimum Gasteiger partial charge on any atom is -0.406 e. The molecule has 1 aliphatic heterocycles. The van der Waals surface area contributed by atoms with Gasteiger partial charge in [-0.15, -0.1) is 13.2 Å². The van der Waals surface area contributed by atoms with E-state index in [-0.39, 0.29) is 5.75 Å². The van der Waals surface area contributed by atoms with Crippen molar-refractivity contribution in [3.8, 4) is 28.4 Å². The number of hydrogen-bond donors (Lipinski definition) is 0. The first kappa shape index (κ1) is 23.3. The van der Waals surface area contributed by atoms with Gasteiger partial charge in [0.2, 0.25) is 0 Å². The van der Waals surface area contributed by atoms with Gasteiger partial charge in [-0.25, -0.2) is 9.97 Å². The van der Waals surface area contributed by atoms with Crippen molar-refractivity contribution in [1.82, 2.24) is 19.9 Å². The summed E-state index contributed by atoms with van der Waals surface area (Å²) in [5.74, 6) is 0.444. The van der Waals surface area contributed by atoms with E-state index in [9.17, 15) is 13.2 Å². The van der Waals surface area contributed by atoms with Crippen LogP contribution in [0, 0.1) is 0 Å². The lowest BCUT2D eigenvalue weighted by molar-refractivity contribution is -0.274. The molecule has 5 nitrogen and oxygen atoms in total. The summed E-state index contributed by atoms with van der Waals surface area (Å²) in [4.78, 5) is 16.1. The molecule has 0 saturated carbocycles. The molecule has 3 heterocycles. The largest absolute Gasteiger partial charge is 0.573 e. The lowest BCUT2D eigenvalue weighted by Gasteiger charge is -2.28. The predicted molar refractivity (Wildman–Crippen MR) is 127 cm³/mol. The third-order valence-corrected chi connectivity index (χ3v) is 5.98. The second-order valence-electron chi connectivity index (χ2n) is 8.26. The van der Waals surface area contributed by atoms with Crippen LogP contribution in [-0.2, 0) is 19.5 Å². The quantitative estimate of drug-likeness (QED) is 0.324. The first-order chi connectivity index (χ1) is 16.8. The Hall–Kier alpha value is -3.49. The van der Waals surface area contributed by atoms with Gasteiger partial charge in [0.25, 0.3) is 0 Å². The number of nitrogens with zero attached hydrogens (tertiary/aromatic N) is 4. The van der Waals surface area contributed by atoms with Gasteiger partial charge in [0.15, 0.2) is 5.82 Å². The zero-order valence-corrected chi connectivity index (χ0v) is 19.2. The van der Waals surface area contributed by atoms with Crippen molar-refractivity contribution in [1.29, 1.82) is 0 Å². The molecule has 0 fully saturated rings. The maximum Gasteiger partial charge on any atom is 0.573 e. The number of hydrogen-bond acceptors (Lipinski definition) is 5. The number of alkyl halides is 3. The van der Waals surface area contributed by atoms with Crippen LogP contribution in [-0.4, -0.2) is 32.8 Å². The van der Waals surface area contributed by atoms with Crippen LogP contribution in [0.5, 0.6) is 5.75 Å². The fraction of sp³-hybridized carbons (Fsp3) is 0.192. The van der Waals surface area contributed by atoms with Gasteiger partial charge in [-0.2, -0.15) is 0 Å². The van der Waals surface area contributed by atoms with Gasteiger partial charge in [-0.1, -0.05) is 17.7 Å². The summed E-state index contributed by atoms with van der Waals surface area (Å²) in [6, 6.07) is 17.0. The van der Waals surface area contributed by atoms with E-state index >= 15 is 0 Å². The van der Waals surface area contributed by atoms with Crippen molar-refractivity contribution in [2.24, 2.45) is 0 Å². The van der Waals surface area contributed by atoms with E-state index in [0.29, 0.717) is 22.1 Å². The fourth-order valence-corrected chi connectivity index (χ4v) is 4.15. The molecule has 5 rings (SSSR count). The van der Waals surface area contributed by atoms with Gasteiger partial charge >= 0.3 is 6.36 Å². The predicted octanol–water partition coefficient (Wildman–Crippen LogP) is 6.32. The fourth-order valence-electron chi connectivity index (χ4n) is 4.02. The van der Waals surface area contributed by atoms with E-state index in [0.717, 1.165) is 48.4 Å². The number of aromatic nitrogens is 3. The van der Waals surface area contributed by atoms with Gasteiger partial charge in [0, 0.05) is 60.2 Å². The summed E-state index contributed by atoms with van der Waals surface area (Å²) >= 11 is 5.97. The Labute approximate surface area is 205 Å². The minimum absolute atomic E-state index is 0.257. The Balaban J connectivity index is 1.22. The Kier molecular flexibility index (Phi) is 6.40. The smallest absolute Gasteiger partial charge is 0.406 e. The lowest BCUT2D eigenvalue weighted by Crippen LogP contribution is -2.31. The summed E-state index contributed by atoms with van der Waals surface area (Å²) in [6.45, 7) is 2.34. The second kappa shape index (κ2) is 9.64. The van der Waals surface area contributed by atoms with Gasteiger partial charge in [0.1, 0.15) is 5.75 Å². The van der Waals surface area contributed by atoms with E-state index < -0.39 is 6.36 Å². The molecule has 0 N–H and O–H groups in total. The van der Waals surface area contributed by atoms with Gasteiger partial charge in [0.05, 0.1) is 11.4 Å².